The Kier molecular flexibility index (Phi) is 6.33. The molecule has 0 aliphatic heterocycles. The van der Waals surface area contributed by atoms with E-state index in [0.29, 0.717) is 0 Å². The highest BCUT2D eigenvalue weighted by atomic mass is 32.2. The lowest BCUT2D eigenvalue weighted by molar-refractivity contribution is 0.198. The smallest absolute Gasteiger partial charge is 0.189 e. The predicted molar refractivity (Wildman–Crippen MR) is 120 cm³/mol. The van der Waals surface area contributed by atoms with Gasteiger partial charge in [-0.1, -0.05) is 25.1 Å². The maximum Gasteiger partial charge on any atom is 0.189 e. The third kappa shape index (κ3) is 3.72. The van der Waals surface area contributed by atoms with Crippen molar-refractivity contribution >= 4 is 49.3 Å². The van der Waals surface area contributed by atoms with Gasteiger partial charge in [-0.2, -0.15) is 0 Å². The van der Waals surface area contributed by atoms with Gasteiger partial charge in [-0.25, -0.2) is 15.0 Å². The molecule has 5 nitrogen and oxygen atoms in total. The van der Waals surface area contributed by atoms with Crippen LogP contribution in [-0.4, -0.2) is 41.5 Å². The molecule has 3 aromatic heterocycles. The average Bonchev–Trinajstić information content (AvgIpc) is 3.33. The number of pyridine rings is 1. The predicted octanol–water partition coefficient (Wildman–Crippen LogP) is 5.24. The summed E-state index contributed by atoms with van der Waals surface area (Å²) in [6, 6.07) is 0. The molecule has 1 aliphatic rings. The van der Waals surface area contributed by atoms with Gasteiger partial charge in [-0.05, 0) is 55.9 Å². The zero-order valence-electron chi connectivity index (χ0n) is 16.9. The van der Waals surface area contributed by atoms with Gasteiger partial charge >= 0.3 is 0 Å². The lowest BCUT2D eigenvalue weighted by Crippen LogP contribution is -2.07. The summed E-state index contributed by atoms with van der Waals surface area (Å²) in [5, 5.41) is 5.62. The number of anilines is 1. The molecule has 1 aliphatic carbocycles. The highest BCUT2D eigenvalue weighted by Crippen LogP contribution is 2.42. The van der Waals surface area contributed by atoms with E-state index in [4.69, 9.17) is 19.7 Å². The van der Waals surface area contributed by atoms with E-state index < -0.39 is 0 Å². The molecule has 0 radical (unpaired) electrons. The van der Waals surface area contributed by atoms with Crippen LogP contribution in [0.3, 0.4) is 0 Å². The van der Waals surface area contributed by atoms with Gasteiger partial charge in [0.15, 0.2) is 5.16 Å². The molecule has 4 rings (SSSR count). The lowest BCUT2D eigenvalue weighted by atomic mass is 10.0. The van der Waals surface area contributed by atoms with Crippen molar-refractivity contribution in [3.8, 4) is 0 Å². The van der Waals surface area contributed by atoms with E-state index in [2.05, 4.69) is 12.2 Å². The van der Waals surface area contributed by atoms with E-state index in [1.807, 2.05) is 6.26 Å². The van der Waals surface area contributed by atoms with Crippen LogP contribution in [-0.2, 0) is 24.0 Å². The summed E-state index contributed by atoms with van der Waals surface area (Å²) in [6.45, 7) is 3.84. The molecule has 0 saturated heterocycles. The molecule has 0 amide bonds. The van der Waals surface area contributed by atoms with Crippen LogP contribution in [0.15, 0.2) is 5.16 Å². The summed E-state index contributed by atoms with van der Waals surface area (Å²) in [6.07, 6.45) is 10.0. The van der Waals surface area contributed by atoms with Gasteiger partial charge in [-0.15, -0.1) is 11.3 Å². The Hall–Kier alpha value is -1.44. The minimum absolute atomic E-state index is 0.749. The molecule has 150 valence electrons. The van der Waals surface area contributed by atoms with Gasteiger partial charge in [0.05, 0.1) is 10.2 Å². The molecular weight excluding hydrogens is 388 g/mol. The molecule has 3 heterocycles. The first kappa shape index (κ1) is 19.9. The Bertz CT molecular complexity index is 986. The fourth-order valence-corrected chi connectivity index (χ4v) is 5.50. The molecular formula is C21H28N4OS2. The van der Waals surface area contributed by atoms with E-state index in [-0.39, 0.29) is 0 Å². The van der Waals surface area contributed by atoms with Crippen LogP contribution in [0.5, 0.6) is 0 Å². The van der Waals surface area contributed by atoms with E-state index in [0.717, 1.165) is 64.9 Å². The van der Waals surface area contributed by atoms with Crippen LogP contribution in [0, 0.1) is 0 Å². The number of aryl methyl sites for hydroxylation is 2. The van der Waals surface area contributed by atoms with Crippen LogP contribution in [0.25, 0.3) is 20.4 Å². The van der Waals surface area contributed by atoms with Crippen LogP contribution in [0.4, 0.5) is 5.82 Å². The van der Waals surface area contributed by atoms with Crippen molar-refractivity contribution in [3.63, 3.8) is 0 Å². The zero-order chi connectivity index (χ0) is 19.5. The molecule has 0 saturated carbocycles. The average molecular weight is 417 g/mol. The first-order chi connectivity index (χ1) is 13.8. The van der Waals surface area contributed by atoms with E-state index in [1.54, 1.807) is 30.2 Å². The molecule has 0 aromatic carbocycles. The number of aromatic nitrogens is 3. The number of hydrogen-bond donors (Lipinski definition) is 1. The standard InChI is InChI=1S/C21H28N4OS2/c1-4-5-10-15-13-8-6-9-14(13)16-17-18(28-20(16)23-15)19(22-11-7-12-26-2)25-21(24-17)27-3/h4-12H2,1-3H3,(H,22,24,25). The highest BCUT2D eigenvalue weighted by molar-refractivity contribution is 7.98. The van der Waals surface area contributed by atoms with Crippen molar-refractivity contribution in [2.24, 2.45) is 0 Å². The number of unbranched alkanes of at least 4 members (excludes halogenated alkanes) is 1. The second-order valence-corrected chi connectivity index (χ2v) is 9.04. The minimum atomic E-state index is 0.749. The fourth-order valence-electron chi connectivity index (χ4n) is 4.01. The molecule has 3 aromatic rings. The largest absolute Gasteiger partial charge is 0.385 e. The quantitative estimate of drug-likeness (QED) is 0.292. The number of thioether (sulfide) groups is 1. The molecule has 1 N–H and O–H groups in total. The number of thiophene rings is 1. The first-order valence-corrected chi connectivity index (χ1v) is 12.2. The SMILES string of the molecule is CCCCc1nc2sc3c(NCCCOC)nc(SC)nc3c2c2c1CCC2. The number of nitrogens with zero attached hydrogens (tertiary/aromatic N) is 3. The molecule has 0 spiro atoms. The number of rotatable bonds is 9. The van der Waals surface area contributed by atoms with Crippen LogP contribution in [0.1, 0.15) is 49.4 Å². The zero-order valence-corrected chi connectivity index (χ0v) is 18.6. The molecule has 28 heavy (non-hydrogen) atoms. The number of methoxy groups -OCH3 is 1. The van der Waals surface area contributed by atoms with Crippen molar-refractivity contribution in [3.05, 3.63) is 16.8 Å². The Morgan fingerprint density at radius 2 is 2.00 bits per heavy atom. The van der Waals surface area contributed by atoms with Gasteiger partial charge in [0, 0.05) is 31.3 Å². The maximum atomic E-state index is 5.17. The summed E-state index contributed by atoms with van der Waals surface area (Å²) >= 11 is 3.34. The minimum Gasteiger partial charge on any atom is -0.385 e. The summed E-state index contributed by atoms with van der Waals surface area (Å²) in [5.41, 5.74) is 5.40. The summed E-state index contributed by atoms with van der Waals surface area (Å²) in [7, 11) is 1.74. The van der Waals surface area contributed by atoms with Gasteiger partial charge in [0.25, 0.3) is 0 Å². The maximum absolute atomic E-state index is 5.17. The summed E-state index contributed by atoms with van der Waals surface area (Å²) in [5.74, 6) is 0.940. The molecule has 0 atom stereocenters. The third-order valence-corrected chi connectivity index (χ3v) is 6.99. The topological polar surface area (TPSA) is 59.9 Å². The molecule has 0 bridgehead atoms. The monoisotopic (exact) mass is 416 g/mol. The van der Waals surface area contributed by atoms with Crippen molar-refractivity contribution in [1.29, 1.82) is 0 Å². The second-order valence-electron chi connectivity index (χ2n) is 7.26. The van der Waals surface area contributed by atoms with E-state index in [1.165, 1.54) is 41.5 Å². The normalized spacial score (nSPS) is 13.5. The highest BCUT2D eigenvalue weighted by Gasteiger charge is 2.24. The molecule has 0 fully saturated rings. The van der Waals surface area contributed by atoms with Gasteiger partial charge < -0.3 is 10.1 Å². The van der Waals surface area contributed by atoms with Gasteiger partial charge in [-0.3, -0.25) is 0 Å². The number of ether oxygens (including phenoxy) is 1. The molecule has 7 heteroatoms. The van der Waals surface area contributed by atoms with Crippen molar-refractivity contribution in [1.82, 2.24) is 15.0 Å². The fraction of sp³-hybridized carbons (Fsp3) is 0.571. The van der Waals surface area contributed by atoms with E-state index in [9.17, 15) is 0 Å². The number of nitrogens with one attached hydrogen (secondary N) is 1. The number of fused-ring (bicyclic) bond motifs is 5. The van der Waals surface area contributed by atoms with Crippen molar-refractivity contribution in [2.45, 2.75) is 57.0 Å². The Morgan fingerprint density at radius 3 is 2.79 bits per heavy atom. The van der Waals surface area contributed by atoms with E-state index >= 15 is 0 Å². The van der Waals surface area contributed by atoms with Crippen molar-refractivity contribution in [2.75, 3.05) is 31.8 Å². The van der Waals surface area contributed by atoms with Crippen LogP contribution in [0.2, 0.25) is 0 Å². The summed E-state index contributed by atoms with van der Waals surface area (Å²) in [4.78, 5) is 15.9. The number of hydrogen-bond acceptors (Lipinski definition) is 7. The lowest BCUT2D eigenvalue weighted by Gasteiger charge is -2.09. The third-order valence-electron chi connectivity index (χ3n) is 5.37. The van der Waals surface area contributed by atoms with Crippen molar-refractivity contribution < 1.29 is 4.74 Å². The first-order valence-electron chi connectivity index (χ1n) is 10.2. The van der Waals surface area contributed by atoms with Gasteiger partial charge in [0.2, 0.25) is 0 Å². The Balaban J connectivity index is 1.85. The summed E-state index contributed by atoms with van der Waals surface area (Å²) < 4.78 is 6.31. The van der Waals surface area contributed by atoms with Crippen LogP contribution < -0.4 is 5.32 Å². The Morgan fingerprint density at radius 1 is 1.14 bits per heavy atom. The Labute approximate surface area is 174 Å². The van der Waals surface area contributed by atoms with Gasteiger partial charge in [0.1, 0.15) is 10.6 Å². The van der Waals surface area contributed by atoms with Crippen LogP contribution >= 0.6 is 23.1 Å². The second kappa shape index (κ2) is 8.93. The molecule has 0 unspecified atom stereocenters.